The van der Waals surface area contributed by atoms with Crippen molar-refractivity contribution < 1.29 is 37.2 Å². The minimum atomic E-state index is -4.79. The molecule has 5 rings (SSSR count). The van der Waals surface area contributed by atoms with Gasteiger partial charge in [-0.05, 0) is 31.4 Å². The van der Waals surface area contributed by atoms with Crippen molar-refractivity contribution in [3.8, 4) is 34.3 Å². The molecule has 1 aliphatic heterocycles. The van der Waals surface area contributed by atoms with Gasteiger partial charge in [-0.2, -0.15) is 18.2 Å². The predicted octanol–water partition coefficient (Wildman–Crippen LogP) is 5.47. The Balaban J connectivity index is 1.38. The van der Waals surface area contributed by atoms with Crippen LogP contribution in [-0.2, 0) is 16.6 Å². The van der Waals surface area contributed by atoms with Crippen molar-refractivity contribution in [2.45, 2.75) is 38.0 Å². The van der Waals surface area contributed by atoms with E-state index >= 15 is 0 Å². The summed E-state index contributed by atoms with van der Waals surface area (Å²) >= 11 is 0. The third kappa shape index (κ3) is 5.50. The molecular formula is C28H27F3N4O5. The van der Waals surface area contributed by atoms with Crippen LogP contribution in [0.1, 0.15) is 37.3 Å². The molecule has 40 heavy (non-hydrogen) atoms. The molecule has 1 aliphatic rings. The molecule has 2 N–H and O–H groups in total. The molecule has 0 bridgehead atoms. The number of likely N-dealkylation sites (tertiary alicyclic amines) is 1. The topological polar surface area (TPSA) is 126 Å². The Morgan fingerprint density at radius 1 is 1.05 bits per heavy atom. The van der Waals surface area contributed by atoms with Gasteiger partial charge in [-0.25, -0.2) is 0 Å². The number of carboxylic acids is 1. The maximum atomic E-state index is 14.0. The van der Waals surface area contributed by atoms with Gasteiger partial charge in [0, 0.05) is 24.2 Å². The molecule has 9 nitrogen and oxygen atoms in total. The van der Waals surface area contributed by atoms with E-state index in [9.17, 15) is 28.2 Å². The lowest BCUT2D eigenvalue weighted by molar-refractivity contribution is -0.144. The van der Waals surface area contributed by atoms with Crippen LogP contribution >= 0.6 is 0 Å². The molecule has 2 atom stereocenters. The van der Waals surface area contributed by atoms with Gasteiger partial charge in [0.2, 0.25) is 5.82 Å². The van der Waals surface area contributed by atoms with Crippen LogP contribution in [0.5, 0.6) is 0 Å². The van der Waals surface area contributed by atoms with Crippen molar-refractivity contribution in [3.63, 3.8) is 0 Å². The van der Waals surface area contributed by atoms with E-state index in [2.05, 4.69) is 15.3 Å². The van der Waals surface area contributed by atoms with Crippen molar-refractivity contribution in [2.75, 3.05) is 19.6 Å². The van der Waals surface area contributed by atoms with Crippen LogP contribution in [0.25, 0.3) is 34.3 Å². The quantitative estimate of drug-likeness (QED) is 0.290. The molecule has 2 aromatic heterocycles. The van der Waals surface area contributed by atoms with Gasteiger partial charge in [0.15, 0.2) is 11.5 Å². The minimum Gasteiger partial charge on any atom is -0.481 e. The van der Waals surface area contributed by atoms with Crippen LogP contribution in [0, 0.1) is 5.92 Å². The monoisotopic (exact) mass is 556 g/mol. The Morgan fingerprint density at radius 3 is 2.42 bits per heavy atom. The fourth-order valence-corrected chi connectivity index (χ4v) is 5.03. The Labute approximate surface area is 227 Å². The molecule has 1 saturated heterocycles. The molecule has 2 aromatic carbocycles. The Morgan fingerprint density at radius 2 is 1.77 bits per heavy atom. The Kier molecular flexibility index (Phi) is 7.47. The van der Waals surface area contributed by atoms with Gasteiger partial charge in [0.05, 0.1) is 5.92 Å². The van der Waals surface area contributed by atoms with Gasteiger partial charge in [-0.1, -0.05) is 71.8 Å². The highest BCUT2D eigenvalue weighted by molar-refractivity contribution is 5.71. The number of aliphatic carboxylic acids is 1. The number of piperidine rings is 1. The van der Waals surface area contributed by atoms with Crippen LogP contribution in [0.3, 0.4) is 0 Å². The fraction of sp³-hybridized carbons (Fsp3) is 0.357. The molecule has 0 aliphatic carbocycles. The molecule has 0 spiro atoms. The molecule has 1 fully saturated rings. The van der Waals surface area contributed by atoms with E-state index in [1.54, 1.807) is 42.5 Å². The summed E-state index contributed by atoms with van der Waals surface area (Å²) in [6, 6.07) is 14.5. The number of benzene rings is 2. The average molecular weight is 557 g/mol. The van der Waals surface area contributed by atoms with Crippen molar-refractivity contribution in [1.82, 2.24) is 20.2 Å². The fourth-order valence-electron chi connectivity index (χ4n) is 5.03. The maximum Gasteiger partial charge on any atom is 0.422 e. The van der Waals surface area contributed by atoms with Crippen LogP contribution in [0.4, 0.5) is 13.2 Å². The van der Waals surface area contributed by atoms with Gasteiger partial charge >= 0.3 is 12.1 Å². The molecule has 4 aromatic rings. The molecule has 12 heteroatoms. The number of carbonyl (C=O) groups is 1. The van der Waals surface area contributed by atoms with Crippen LogP contribution in [0.15, 0.2) is 63.6 Å². The van der Waals surface area contributed by atoms with Gasteiger partial charge in [-0.3, -0.25) is 9.69 Å². The van der Waals surface area contributed by atoms with Crippen LogP contribution in [-0.4, -0.2) is 56.0 Å². The number of hydrogen-bond donors (Lipinski definition) is 2. The summed E-state index contributed by atoms with van der Waals surface area (Å²) < 4.78 is 52.3. The van der Waals surface area contributed by atoms with E-state index in [4.69, 9.17) is 9.05 Å². The molecular weight excluding hydrogens is 529 g/mol. The molecule has 0 amide bonds. The molecule has 210 valence electrons. The van der Waals surface area contributed by atoms with E-state index in [0.29, 0.717) is 37.1 Å². The summed E-state index contributed by atoms with van der Waals surface area (Å²) in [5, 5.41) is 28.2. The van der Waals surface area contributed by atoms with Crippen LogP contribution in [0.2, 0.25) is 0 Å². The summed E-state index contributed by atoms with van der Waals surface area (Å²) in [5.41, 5.74) is -1.67. The summed E-state index contributed by atoms with van der Waals surface area (Å²) in [4.78, 5) is 17.5. The van der Waals surface area contributed by atoms with Crippen molar-refractivity contribution in [2.24, 2.45) is 5.92 Å². The second-order valence-corrected chi connectivity index (χ2v) is 9.90. The largest absolute Gasteiger partial charge is 0.481 e. The maximum absolute atomic E-state index is 14.0. The van der Waals surface area contributed by atoms with Gasteiger partial charge in [0.1, 0.15) is 11.2 Å². The zero-order valence-corrected chi connectivity index (χ0v) is 21.6. The summed E-state index contributed by atoms with van der Waals surface area (Å²) in [5.74, 6) is -2.15. The first-order valence-corrected chi connectivity index (χ1v) is 12.8. The van der Waals surface area contributed by atoms with Crippen molar-refractivity contribution in [1.29, 1.82) is 0 Å². The number of β-amino-alcohol motifs (C(OH)–C–C–N with tert-alkyl or cyclic N) is 1. The molecule has 2 unspecified atom stereocenters. The van der Waals surface area contributed by atoms with Gasteiger partial charge in [0.25, 0.3) is 5.89 Å². The third-order valence-corrected chi connectivity index (χ3v) is 7.25. The zero-order valence-electron chi connectivity index (χ0n) is 21.6. The van der Waals surface area contributed by atoms with Crippen LogP contribution < -0.4 is 0 Å². The van der Waals surface area contributed by atoms with Gasteiger partial charge in [-0.15, -0.1) is 0 Å². The van der Waals surface area contributed by atoms with E-state index in [1.165, 1.54) is 12.1 Å². The standard InChI is InChI=1S/C28H27F3N4O5/c1-2-27(38,16-35-14-6-9-19(15-35)26(36)37)20-12-10-18(11-13-20)24-32-25(40-34-24)22-21(28(29,30)31)23(39-33-22)17-7-4-3-5-8-17/h3-5,7-8,10-13,19,38H,2,6,9,14-16H2,1H3,(H,36,37). The molecule has 0 saturated carbocycles. The number of aromatic nitrogens is 3. The number of rotatable bonds is 8. The second-order valence-electron chi connectivity index (χ2n) is 9.90. The highest BCUT2D eigenvalue weighted by Crippen LogP contribution is 2.43. The normalized spacial score (nSPS) is 18.0. The highest BCUT2D eigenvalue weighted by atomic mass is 19.4. The zero-order chi connectivity index (χ0) is 28.5. The van der Waals surface area contributed by atoms with E-state index in [0.717, 1.165) is 6.42 Å². The second kappa shape index (κ2) is 10.9. The Bertz CT molecular complexity index is 1470. The highest BCUT2D eigenvalue weighted by Gasteiger charge is 2.43. The third-order valence-electron chi connectivity index (χ3n) is 7.25. The molecule has 0 radical (unpaired) electrons. The first kappa shape index (κ1) is 27.5. The van der Waals surface area contributed by atoms with E-state index < -0.39 is 46.6 Å². The lowest BCUT2D eigenvalue weighted by Gasteiger charge is -2.37. The molecule has 3 heterocycles. The number of alkyl halides is 3. The smallest absolute Gasteiger partial charge is 0.422 e. The summed E-state index contributed by atoms with van der Waals surface area (Å²) in [6.45, 7) is 3.19. The summed E-state index contributed by atoms with van der Waals surface area (Å²) in [6.07, 6.45) is -3.04. The first-order chi connectivity index (χ1) is 19.1. The van der Waals surface area contributed by atoms with E-state index in [1.807, 2.05) is 11.8 Å². The number of halogens is 3. The Hall–Kier alpha value is -4.03. The SMILES string of the molecule is CCC(O)(CN1CCCC(C(=O)O)C1)c1ccc(-c2noc(-c3noc(-c4ccccc4)c3C(F)(F)F)n2)cc1. The lowest BCUT2D eigenvalue weighted by atomic mass is 9.88. The first-order valence-electron chi connectivity index (χ1n) is 12.8. The number of hydrogen-bond acceptors (Lipinski definition) is 8. The lowest BCUT2D eigenvalue weighted by Crippen LogP contribution is -2.46. The van der Waals surface area contributed by atoms with Crippen molar-refractivity contribution >= 4 is 5.97 Å². The number of carboxylic acid groups (broad SMARTS) is 1. The number of nitrogens with zero attached hydrogens (tertiary/aromatic N) is 4. The van der Waals surface area contributed by atoms with E-state index in [-0.39, 0.29) is 17.9 Å². The average Bonchev–Trinajstić information content (AvgIpc) is 3.62. The van der Waals surface area contributed by atoms with Crippen molar-refractivity contribution in [3.05, 3.63) is 65.7 Å². The number of aliphatic hydroxyl groups is 1. The predicted molar refractivity (Wildman–Crippen MR) is 137 cm³/mol. The van der Waals surface area contributed by atoms with Gasteiger partial charge < -0.3 is 19.3 Å². The minimum absolute atomic E-state index is 0.0410. The summed E-state index contributed by atoms with van der Waals surface area (Å²) in [7, 11) is 0.